The summed E-state index contributed by atoms with van der Waals surface area (Å²) in [4.78, 5) is 19.1. The normalized spacial score (nSPS) is 22.6. The van der Waals surface area contributed by atoms with E-state index in [0.29, 0.717) is 37.6 Å². The van der Waals surface area contributed by atoms with Gasteiger partial charge in [0, 0.05) is 38.2 Å². The summed E-state index contributed by atoms with van der Waals surface area (Å²) >= 11 is 0. The molecule has 29 heavy (non-hydrogen) atoms. The van der Waals surface area contributed by atoms with Gasteiger partial charge >= 0.3 is 0 Å². The van der Waals surface area contributed by atoms with Crippen molar-refractivity contribution in [2.45, 2.75) is 25.2 Å². The van der Waals surface area contributed by atoms with Gasteiger partial charge in [0.25, 0.3) is 5.91 Å². The van der Waals surface area contributed by atoms with Crippen molar-refractivity contribution in [1.82, 2.24) is 24.1 Å². The van der Waals surface area contributed by atoms with E-state index >= 15 is 0 Å². The molecule has 2 atom stereocenters. The van der Waals surface area contributed by atoms with Crippen molar-refractivity contribution in [3.63, 3.8) is 0 Å². The average Bonchev–Trinajstić information content (AvgIpc) is 3.39. The topological polar surface area (TPSA) is 83.1 Å². The molecule has 3 aromatic heterocycles. The van der Waals surface area contributed by atoms with Crippen LogP contribution in [0.25, 0.3) is 5.65 Å². The number of ether oxygens (including phenoxy) is 3. The van der Waals surface area contributed by atoms with Crippen LogP contribution < -0.4 is 4.74 Å². The molecule has 2 aliphatic heterocycles. The van der Waals surface area contributed by atoms with Crippen LogP contribution in [-0.4, -0.2) is 74.6 Å². The number of aromatic nitrogens is 4. The number of rotatable bonds is 3. The van der Waals surface area contributed by atoms with Gasteiger partial charge in [0.1, 0.15) is 35.3 Å². The Morgan fingerprint density at radius 1 is 1.14 bits per heavy atom. The van der Waals surface area contributed by atoms with Crippen LogP contribution in [-0.2, 0) is 16.5 Å². The molecule has 0 bridgehead atoms. The van der Waals surface area contributed by atoms with E-state index in [4.69, 9.17) is 14.2 Å². The summed E-state index contributed by atoms with van der Waals surface area (Å²) in [6.45, 7) is 3.73. The first-order valence-corrected chi connectivity index (χ1v) is 9.69. The Bertz CT molecular complexity index is 1010. The summed E-state index contributed by atoms with van der Waals surface area (Å²) in [6.07, 6.45) is 6.50. The third kappa shape index (κ3) is 3.36. The molecule has 152 valence electrons. The molecule has 0 N–H and O–H groups in total. The second kappa shape index (κ2) is 7.16. The number of hydrogen-bond donors (Lipinski definition) is 0. The van der Waals surface area contributed by atoms with Crippen molar-refractivity contribution in [3.05, 3.63) is 48.2 Å². The average molecular weight is 397 g/mol. The molecule has 5 rings (SSSR count). The Kier molecular flexibility index (Phi) is 4.48. The minimum Gasteiger partial charge on any atom is -0.484 e. The molecule has 9 heteroatoms. The van der Waals surface area contributed by atoms with Crippen LogP contribution >= 0.6 is 0 Å². The number of carbonyl (C=O) groups is 1. The zero-order chi connectivity index (χ0) is 20.0. The summed E-state index contributed by atoms with van der Waals surface area (Å²) in [5.74, 6) is 0.644. The van der Waals surface area contributed by atoms with E-state index < -0.39 is 0 Å². The Labute approximate surface area is 167 Å². The Hall–Kier alpha value is -2.91. The molecule has 0 radical (unpaired) electrons. The first-order chi connectivity index (χ1) is 14.1. The molecule has 2 fully saturated rings. The molecular formula is C20H23N5O4. The van der Waals surface area contributed by atoms with Crippen LogP contribution in [0.3, 0.4) is 0 Å². The van der Waals surface area contributed by atoms with Crippen molar-refractivity contribution >= 4 is 11.6 Å². The van der Waals surface area contributed by atoms with E-state index in [-0.39, 0.29) is 24.2 Å². The number of likely N-dealkylation sites (tertiary alicyclic amines) is 1. The van der Waals surface area contributed by atoms with Crippen molar-refractivity contribution in [2.24, 2.45) is 7.05 Å². The quantitative estimate of drug-likeness (QED) is 0.657. The molecule has 0 aromatic carbocycles. The number of imidazole rings is 1. The van der Waals surface area contributed by atoms with Crippen molar-refractivity contribution in [1.29, 1.82) is 0 Å². The van der Waals surface area contributed by atoms with E-state index in [9.17, 15) is 4.79 Å². The minimum atomic E-state index is -0.201. The Balaban J connectivity index is 1.23. The fourth-order valence-corrected chi connectivity index (χ4v) is 3.90. The second-order valence-corrected chi connectivity index (χ2v) is 7.56. The molecule has 9 nitrogen and oxygen atoms in total. The number of aryl methyl sites for hydroxylation is 2. The van der Waals surface area contributed by atoms with E-state index in [1.165, 1.54) is 0 Å². The lowest BCUT2D eigenvalue weighted by molar-refractivity contribution is -0.00461. The lowest BCUT2D eigenvalue weighted by atomic mass is 10.3. The maximum atomic E-state index is 13.1. The first-order valence-electron chi connectivity index (χ1n) is 9.69. The van der Waals surface area contributed by atoms with Crippen LogP contribution in [0.1, 0.15) is 16.1 Å². The zero-order valence-electron chi connectivity index (χ0n) is 16.4. The number of hydrogen-bond acceptors (Lipinski definition) is 6. The second-order valence-electron chi connectivity index (χ2n) is 7.56. The molecular weight excluding hydrogens is 374 g/mol. The van der Waals surface area contributed by atoms with Crippen LogP contribution in [0.4, 0.5) is 0 Å². The summed E-state index contributed by atoms with van der Waals surface area (Å²) in [7, 11) is 1.90. The van der Waals surface area contributed by atoms with E-state index in [2.05, 4.69) is 10.1 Å². The van der Waals surface area contributed by atoms with Gasteiger partial charge in [0.2, 0.25) is 0 Å². The SMILES string of the molecule is Cc1ccc(OC2CO[C@H]3CN(C(=O)c4cnn5ccn(C)c45)C[C@@H]3OC2)cn1. The van der Waals surface area contributed by atoms with E-state index in [0.717, 1.165) is 11.3 Å². The molecule has 0 saturated carbocycles. The molecule has 5 heterocycles. The first kappa shape index (κ1) is 18.1. The van der Waals surface area contributed by atoms with Crippen molar-refractivity contribution < 1.29 is 19.0 Å². The maximum absolute atomic E-state index is 13.1. The number of fused-ring (bicyclic) bond motifs is 2. The van der Waals surface area contributed by atoms with Crippen molar-refractivity contribution in [2.75, 3.05) is 26.3 Å². The molecule has 0 spiro atoms. The zero-order valence-corrected chi connectivity index (χ0v) is 16.4. The highest BCUT2D eigenvalue weighted by Crippen LogP contribution is 2.24. The van der Waals surface area contributed by atoms with Gasteiger partial charge in [-0.05, 0) is 19.1 Å². The molecule has 0 unspecified atom stereocenters. The van der Waals surface area contributed by atoms with Gasteiger partial charge in [-0.1, -0.05) is 0 Å². The lowest BCUT2D eigenvalue weighted by Gasteiger charge is -2.19. The maximum Gasteiger partial charge on any atom is 0.259 e. The van der Waals surface area contributed by atoms with Gasteiger partial charge in [0.15, 0.2) is 0 Å². The summed E-state index contributed by atoms with van der Waals surface area (Å²) < 4.78 is 21.6. The Morgan fingerprint density at radius 2 is 1.90 bits per heavy atom. The predicted molar refractivity (Wildman–Crippen MR) is 103 cm³/mol. The van der Waals surface area contributed by atoms with Crippen LogP contribution in [0, 0.1) is 6.92 Å². The van der Waals surface area contributed by atoms with Gasteiger partial charge < -0.3 is 23.7 Å². The number of pyridine rings is 1. The largest absolute Gasteiger partial charge is 0.484 e. The Morgan fingerprint density at radius 3 is 2.59 bits per heavy atom. The van der Waals surface area contributed by atoms with Crippen LogP contribution in [0.15, 0.2) is 36.9 Å². The predicted octanol–water partition coefficient (Wildman–Crippen LogP) is 1.06. The molecule has 3 aromatic rings. The third-order valence-electron chi connectivity index (χ3n) is 5.45. The highest BCUT2D eigenvalue weighted by atomic mass is 16.6. The van der Waals surface area contributed by atoms with Gasteiger partial charge in [-0.2, -0.15) is 5.10 Å². The van der Waals surface area contributed by atoms with Crippen molar-refractivity contribution in [3.8, 4) is 5.75 Å². The van der Waals surface area contributed by atoms with E-state index in [1.807, 2.05) is 43.1 Å². The highest BCUT2D eigenvalue weighted by molar-refractivity contribution is 6.00. The van der Waals surface area contributed by atoms with E-state index in [1.54, 1.807) is 21.8 Å². The molecule has 2 aliphatic rings. The molecule has 2 saturated heterocycles. The standard InChI is InChI=1S/C20H23N5O4/c1-13-3-4-14(7-21-13)29-15-11-27-17-9-24(10-18(17)28-12-15)20(26)16-8-22-25-6-5-23(2)19(16)25/h3-8,15,17-18H,9-12H2,1-2H3/t17-,18-/m0/s1. The van der Waals surface area contributed by atoms with Gasteiger partial charge in [-0.15, -0.1) is 0 Å². The number of carbonyl (C=O) groups excluding carboxylic acids is 1. The van der Waals surface area contributed by atoms with Crippen LogP contribution in [0.2, 0.25) is 0 Å². The molecule has 0 aliphatic carbocycles. The smallest absolute Gasteiger partial charge is 0.259 e. The minimum absolute atomic E-state index is 0.0550. The summed E-state index contributed by atoms with van der Waals surface area (Å²) in [5, 5.41) is 4.26. The lowest BCUT2D eigenvalue weighted by Crippen LogP contribution is -2.33. The fourth-order valence-electron chi connectivity index (χ4n) is 3.90. The summed E-state index contributed by atoms with van der Waals surface area (Å²) in [6, 6.07) is 3.80. The number of amides is 1. The van der Waals surface area contributed by atoms with Gasteiger partial charge in [0.05, 0.1) is 25.6 Å². The molecule has 1 amide bonds. The number of nitrogens with zero attached hydrogens (tertiary/aromatic N) is 5. The summed E-state index contributed by atoms with van der Waals surface area (Å²) in [5.41, 5.74) is 2.31. The monoisotopic (exact) mass is 397 g/mol. The van der Waals surface area contributed by atoms with Crippen LogP contribution in [0.5, 0.6) is 5.75 Å². The van der Waals surface area contributed by atoms with Gasteiger partial charge in [-0.3, -0.25) is 9.78 Å². The highest BCUT2D eigenvalue weighted by Gasteiger charge is 2.40. The fraction of sp³-hybridized carbons (Fsp3) is 0.450. The van der Waals surface area contributed by atoms with Gasteiger partial charge in [-0.25, -0.2) is 4.52 Å². The third-order valence-corrected chi connectivity index (χ3v) is 5.45.